The Balaban J connectivity index is 1.28. The lowest BCUT2D eigenvalue weighted by atomic mass is 9.69. The average Bonchev–Trinajstić information content (AvgIpc) is 2.94. The number of nitrogens with zero attached hydrogens (tertiary/aromatic N) is 1. The zero-order chi connectivity index (χ0) is 16.0. The predicted molar refractivity (Wildman–Crippen MR) is 95.4 cm³/mol. The highest BCUT2D eigenvalue weighted by molar-refractivity contribution is 6.19. The topological polar surface area (TPSA) is 12.2 Å². The summed E-state index contributed by atoms with van der Waals surface area (Å²) in [5.74, 6) is 2.74. The molecule has 2 nitrogen and oxygen atoms in total. The van der Waals surface area contributed by atoms with Crippen LogP contribution in [0.2, 0.25) is 0 Å². The molecule has 23 heavy (non-hydrogen) atoms. The van der Waals surface area contributed by atoms with Gasteiger partial charge in [0.2, 0.25) is 0 Å². The van der Waals surface area contributed by atoms with Gasteiger partial charge in [0, 0.05) is 6.54 Å². The summed E-state index contributed by atoms with van der Waals surface area (Å²) in [6, 6.07) is 0.685. The molecule has 4 rings (SSSR count). The van der Waals surface area contributed by atoms with E-state index in [1.807, 2.05) is 0 Å². The van der Waals surface area contributed by atoms with E-state index in [1.165, 1.54) is 64.3 Å². The fourth-order valence-electron chi connectivity index (χ4n) is 5.83. The Morgan fingerprint density at radius 3 is 2.57 bits per heavy atom. The summed E-state index contributed by atoms with van der Waals surface area (Å²) in [6.45, 7) is 6.09. The van der Waals surface area contributed by atoms with E-state index < -0.39 is 0 Å². The second-order valence-corrected chi connectivity index (χ2v) is 10.00. The summed E-state index contributed by atoms with van der Waals surface area (Å²) in [4.78, 5) is 2.59. The number of rotatable bonds is 5. The molecule has 2 bridgehead atoms. The number of halogens is 1. The largest absolute Gasteiger partial charge is 0.342 e. The average molecular weight is 340 g/mol. The van der Waals surface area contributed by atoms with E-state index >= 15 is 0 Å². The van der Waals surface area contributed by atoms with Gasteiger partial charge < -0.3 is 4.74 Å². The molecule has 6 unspecified atom stereocenters. The van der Waals surface area contributed by atoms with Gasteiger partial charge in [0.25, 0.3) is 0 Å². The molecule has 4 fully saturated rings. The van der Waals surface area contributed by atoms with Crippen molar-refractivity contribution in [1.29, 1.82) is 0 Å². The second kappa shape index (κ2) is 6.50. The van der Waals surface area contributed by atoms with E-state index in [4.69, 9.17) is 16.3 Å². The maximum absolute atomic E-state index is 6.66. The molecule has 4 aliphatic rings. The van der Waals surface area contributed by atoms with E-state index in [-0.39, 0.29) is 5.56 Å². The van der Waals surface area contributed by atoms with Crippen molar-refractivity contribution in [2.45, 2.75) is 95.9 Å². The highest BCUT2D eigenvalue weighted by Crippen LogP contribution is 2.48. The number of alkyl halides is 1. The number of hydrogen-bond acceptors (Lipinski definition) is 2. The lowest BCUT2D eigenvalue weighted by Gasteiger charge is -2.38. The van der Waals surface area contributed by atoms with Gasteiger partial charge in [0.1, 0.15) is 11.8 Å². The van der Waals surface area contributed by atoms with Crippen LogP contribution in [-0.2, 0) is 4.74 Å². The zero-order valence-corrected chi connectivity index (χ0v) is 15.7. The molecular weight excluding hydrogens is 306 g/mol. The molecule has 0 N–H and O–H groups in total. The molecule has 3 heteroatoms. The van der Waals surface area contributed by atoms with E-state index in [2.05, 4.69) is 18.7 Å². The first kappa shape index (κ1) is 16.7. The fraction of sp³-hybridized carbons (Fsp3) is 1.00. The monoisotopic (exact) mass is 339 g/mol. The Kier molecular flexibility index (Phi) is 4.71. The third-order valence-electron chi connectivity index (χ3n) is 7.37. The predicted octanol–water partition coefficient (Wildman–Crippen LogP) is 5.39. The van der Waals surface area contributed by atoms with Crippen LogP contribution in [0.1, 0.15) is 78.1 Å². The Labute approximate surface area is 147 Å². The van der Waals surface area contributed by atoms with Gasteiger partial charge in [-0.15, -0.1) is 0 Å². The van der Waals surface area contributed by atoms with Crippen LogP contribution < -0.4 is 0 Å². The van der Waals surface area contributed by atoms with Crippen molar-refractivity contribution in [1.82, 2.24) is 4.90 Å². The second-order valence-electron chi connectivity index (χ2n) is 9.51. The summed E-state index contributed by atoms with van der Waals surface area (Å²) < 4.78 is 6.31. The zero-order valence-electron chi connectivity index (χ0n) is 15.0. The van der Waals surface area contributed by atoms with Gasteiger partial charge in [0.15, 0.2) is 0 Å². The molecule has 0 aromatic rings. The summed E-state index contributed by atoms with van der Waals surface area (Å²) >= 11 is 6.66. The maximum Gasteiger partial charge on any atom is 0.133 e. The van der Waals surface area contributed by atoms with Crippen molar-refractivity contribution in [3.63, 3.8) is 0 Å². The minimum Gasteiger partial charge on any atom is -0.342 e. The number of fused-ring (bicyclic) bond motifs is 3. The Bertz CT molecular complexity index is 402. The highest BCUT2D eigenvalue weighted by atomic mass is 35.5. The first-order valence-electron chi connectivity index (χ1n) is 10.1. The van der Waals surface area contributed by atoms with Gasteiger partial charge in [-0.2, -0.15) is 0 Å². The Hall–Kier alpha value is 0.210. The molecule has 2 aliphatic carbocycles. The van der Waals surface area contributed by atoms with Crippen molar-refractivity contribution in [3.8, 4) is 0 Å². The number of hydrogen-bond donors (Lipinski definition) is 0. The van der Waals surface area contributed by atoms with Crippen LogP contribution in [0.15, 0.2) is 0 Å². The molecule has 2 aliphatic heterocycles. The normalized spacial score (nSPS) is 42.1. The van der Waals surface area contributed by atoms with E-state index in [0.717, 1.165) is 24.2 Å². The van der Waals surface area contributed by atoms with Crippen molar-refractivity contribution in [2.75, 3.05) is 6.54 Å². The molecular formula is C20H34ClNO. The van der Waals surface area contributed by atoms with E-state index in [0.29, 0.717) is 17.7 Å². The molecule has 132 valence electrons. The van der Waals surface area contributed by atoms with Crippen LogP contribution in [0.3, 0.4) is 0 Å². The highest BCUT2D eigenvalue weighted by Gasteiger charge is 2.54. The SMILES string of the molecule is CC(C)(CC(Cl)OC1C2CC3CCC(C3)CN21)C1CCCCC1. The quantitative estimate of drug-likeness (QED) is 0.491. The summed E-state index contributed by atoms with van der Waals surface area (Å²) in [5, 5.41) is 0. The van der Waals surface area contributed by atoms with Gasteiger partial charge in [-0.1, -0.05) is 51.1 Å². The molecule has 0 amide bonds. The minimum absolute atomic E-state index is 0.110. The van der Waals surface area contributed by atoms with Gasteiger partial charge in [-0.05, 0) is 61.7 Å². The first-order valence-corrected chi connectivity index (χ1v) is 10.5. The van der Waals surface area contributed by atoms with Gasteiger partial charge in [0.05, 0.1) is 6.04 Å². The van der Waals surface area contributed by atoms with E-state index in [9.17, 15) is 0 Å². The number of ether oxygens (including phenoxy) is 1. The molecule has 0 aromatic carbocycles. The fourth-order valence-corrected chi connectivity index (χ4v) is 6.33. The van der Waals surface area contributed by atoms with Crippen LogP contribution in [0, 0.1) is 23.2 Å². The molecule has 0 radical (unpaired) electrons. The molecule has 2 saturated heterocycles. The van der Waals surface area contributed by atoms with Crippen LogP contribution in [0.4, 0.5) is 0 Å². The summed E-state index contributed by atoms with van der Waals surface area (Å²) in [6.07, 6.45) is 14.1. The van der Waals surface area contributed by atoms with Crippen LogP contribution >= 0.6 is 11.6 Å². The van der Waals surface area contributed by atoms with Gasteiger partial charge >= 0.3 is 0 Å². The third-order valence-corrected chi connectivity index (χ3v) is 7.63. The van der Waals surface area contributed by atoms with Crippen molar-refractivity contribution in [2.24, 2.45) is 23.2 Å². The molecule has 0 aromatic heterocycles. The molecule has 6 atom stereocenters. The van der Waals surface area contributed by atoms with Crippen molar-refractivity contribution >= 4 is 11.6 Å². The van der Waals surface area contributed by atoms with Crippen LogP contribution in [0.25, 0.3) is 0 Å². The Morgan fingerprint density at radius 1 is 1.04 bits per heavy atom. The van der Waals surface area contributed by atoms with Gasteiger partial charge in [-0.3, -0.25) is 4.90 Å². The molecule has 2 saturated carbocycles. The van der Waals surface area contributed by atoms with Crippen LogP contribution in [0.5, 0.6) is 0 Å². The lowest BCUT2D eigenvalue weighted by molar-refractivity contribution is 0.0140. The van der Waals surface area contributed by atoms with E-state index in [1.54, 1.807) is 0 Å². The molecule has 0 spiro atoms. The summed E-state index contributed by atoms with van der Waals surface area (Å²) in [7, 11) is 0. The smallest absolute Gasteiger partial charge is 0.133 e. The lowest BCUT2D eigenvalue weighted by Crippen LogP contribution is -2.30. The minimum atomic E-state index is -0.110. The van der Waals surface area contributed by atoms with Crippen LogP contribution in [-0.4, -0.2) is 29.3 Å². The van der Waals surface area contributed by atoms with Gasteiger partial charge in [-0.25, -0.2) is 0 Å². The molecule has 2 heterocycles. The maximum atomic E-state index is 6.66. The third kappa shape index (κ3) is 3.60. The summed E-state index contributed by atoms with van der Waals surface area (Å²) in [5.41, 5.74) is 0.208. The standard InChI is InChI=1S/C20H34ClNO/c1-20(2,16-6-4-3-5-7-16)12-18(21)23-19-17-11-14-8-9-15(10-14)13-22(17)19/h14-19H,3-13H2,1-2H3. The van der Waals surface area contributed by atoms with Crippen molar-refractivity contribution in [3.05, 3.63) is 0 Å². The first-order chi connectivity index (χ1) is 11.0. The van der Waals surface area contributed by atoms with Crippen molar-refractivity contribution < 1.29 is 4.74 Å². The Morgan fingerprint density at radius 2 is 1.78 bits per heavy atom.